The van der Waals surface area contributed by atoms with Gasteiger partial charge in [0.1, 0.15) is 22.7 Å². The molecule has 0 aromatic heterocycles. The first-order valence-corrected chi connectivity index (χ1v) is 6.24. The summed E-state index contributed by atoms with van der Waals surface area (Å²) in [5.74, 6) is 0.801. The maximum absolute atomic E-state index is 7.45. The maximum atomic E-state index is 7.45. The average Bonchev–Trinajstić information content (AvgIpc) is 2.26. The lowest BCUT2D eigenvalue weighted by Crippen LogP contribution is -2.42. The van der Waals surface area contributed by atoms with Crippen LogP contribution in [0.15, 0.2) is 15.2 Å². The van der Waals surface area contributed by atoms with Gasteiger partial charge in [-0.15, -0.1) is 12.4 Å². The van der Waals surface area contributed by atoms with E-state index >= 15 is 0 Å². The van der Waals surface area contributed by atoms with E-state index in [1.165, 1.54) is 0 Å². The Labute approximate surface area is 122 Å². The Bertz CT molecular complexity index is 346. The summed E-state index contributed by atoms with van der Waals surface area (Å²) in [5, 5.41) is 19.1. The lowest BCUT2D eigenvalue weighted by atomic mass is 10.0. The normalized spacial score (nSPS) is 13.3. The van der Waals surface area contributed by atoms with Gasteiger partial charge in [-0.3, -0.25) is 10.4 Å². The molecule has 0 aliphatic heterocycles. The number of azo groups is 1. The molecular weight excluding hydrogens is 264 g/mol. The topological polar surface area (TPSA) is 99.0 Å². The largest absolute Gasteiger partial charge is 0.386 e. The van der Waals surface area contributed by atoms with Crippen molar-refractivity contribution in [2.45, 2.75) is 52.6 Å². The van der Waals surface area contributed by atoms with Gasteiger partial charge in [0.2, 0.25) is 0 Å². The molecule has 6 nitrogen and oxygen atoms in total. The van der Waals surface area contributed by atoms with Crippen LogP contribution in [0.4, 0.5) is 0 Å². The molecular formula is C12H27ClN6. The van der Waals surface area contributed by atoms with Crippen molar-refractivity contribution in [1.82, 2.24) is 5.32 Å². The molecule has 0 aromatic rings. The molecule has 112 valence electrons. The number of rotatable bonds is 6. The second-order valence-corrected chi connectivity index (χ2v) is 5.08. The second kappa shape index (κ2) is 8.09. The highest BCUT2D eigenvalue weighted by Gasteiger charge is 2.27. The number of nitrogens with two attached hydrogens (primary N) is 1. The van der Waals surface area contributed by atoms with E-state index < -0.39 is 11.1 Å². The van der Waals surface area contributed by atoms with Gasteiger partial charge >= 0.3 is 0 Å². The van der Waals surface area contributed by atoms with Crippen LogP contribution in [0.1, 0.15) is 41.5 Å². The van der Waals surface area contributed by atoms with E-state index in [2.05, 4.69) is 20.5 Å². The van der Waals surface area contributed by atoms with E-state index in [-0.39, 0.29) is 18.2 Å². The second-order valence-electron chi connectivity index (χ2n) is 5.08. The predicted molar refractivity (Wildman–Crippen MR) is 83.8 cm³/mol. The summed E-state index contributed by atoms with van der Waals surface area (Å²) in [4.78, 5) is 4.40. The van der Waals surface area contributed by atoms with Crippen molar-refractivity contribution >= 4 is 24.1 Å². The quantitative estimate of drug-likeness (QED) is 0.397. The molecule has 0 saturated heterocycles. The maximum Gasteiger partial charge on any atom is 0.133 e. The van der Waals surface area contributed by atoms with Crippen molar-refractivity contribution in [2.24, 2.45) is 21.0 Å². The van der Waals surface area contributed by atoms with Crippen LogP contribution in [-0.4, -0.2) is 35.8 Å². The minimum atomic E-state index is -0.777. The fourth-order valence-electron chi connectivity index (χ4n) is 1.14. The Morgan fingerprint density at radius 2 is 1.58 bits per heavy atom. The molecule has 0 amide bonds. The molecule has 0 radical (unpaired) electrons. The smallest absolute Gasteiger partial charge is 0.133 e. The van der Waals surface area contributed by atoms with Gasteiger partial charge in [0, 0.05) is 13.1 Å². The van der Waals surface area contributed by atoms with E-state index in [0.717, 1.165) is 12.4 Å². The summed E-state index contributed by atoms with van der Waals surface area (Å²) in [7, 11) is 0. The summed E-state index contributed by atoms with van der Waals surface area (Å²) in [6.07, 6.45) is 0. The highest BCUT2D eigenvalue weighted by Crippen LogP contribution is 2.16. The molecule has 0 spiro atoms. The van der Waals surface area contributed by atoms with E-state index in [1.807, 2.05) is 27.7 Å². The van der Waals surface area contributed by atoms with Crippen LogP contribution in [-0.2, 0) is 0 Å². The Hall–Kier alpha value is -1.17. The molecule has 0 aromatic carbocycles. The number of likely N-dealkylation sites (N-methyl/N-ethyl adjacent to an activating group) is 1. The zero-order valence-electron chi connectivity index (χ0n) is 12.7. The standard InChI is InChI=1S/C12H26N6.ClH/c1-7-15-10(16-8-2)12(5,6)18-17-11(3,4)9(13)14;/h7-8H2,1-6H3,(H3,13,14)(H,15,16);1H. The predicted octanol–water partition coefficient (Wildman–Crippen LogP) is 2.38. The van der Waals surface area contributed by atoms with Crippen molar-refractivity contribution in [2.75, 3.05) is 13.1 Å². The molecule has 0 aliphatic rings. The van der Waals surface area contributed by atoms with E-state index in [0.29, 0.717) is 6.54 Å². The lowest BCUT2D eigenvalue weighted by molar-refractivity contribution is 0.550. The van der Waals surface area contributed by atoms with Crippen molar-refractivity contribution in [3.05, 3.63) is 0 Å². The van der Waals surface area contributed by atoms with Crippen LogP contribution in [0, 0.1) is 5.41 Å². The molecule has 4 N–H and O–H groups in total. The Morgan fingerprint density at radius 1 is 1.11 bits per heavy atom. The van der Waals surface area contributed by atoms with Gasteiger partial charge < -0.3 is 11.1 Å². The van der Waals surface area contributed by atoms with E-state index in [1.54, 1.807) is 13.8 Å². The van der Waals surface area contributed by atoms with E-state index in [9.17, 15) is 0 Å². The van der Waals surface area contributed by atoms with Crippen LogP contribution in [0.3, 0.4) is 0 Å². The molecule has 0 aliphatic carbocycles. The number of aliphatic imine (C=N–C) groups is 1. The van der Waals surface area contributed by atoms with Gasteiger partial charge in [-0.05, 0) is 41.5 Å². The first-order chi connectivity index (χ1) is 8.17. The van der Waals surface area contributed by atoms with Crippen LogP contribution in [0.5, 0.6) is 0 Å². The molecule has 0 bridgehead atoms. The Kier molecular flexibility index (Phi) is 8.58. The molecule has 0 saturated carbocycles. The van der Waals surface area contributed by atoms with Gasteiger partial charge in [-0.2, -0.15) is 10.2 Å². The molecule has 0 heterocycles. The molecule has 0 rings (SSSR count). The van der Waals surface area contributed by atoms with Crippen LogP contribution in [0.25, 0.3) is 0 Å². The lowest BCUT2D eigenvalue weighted by Gasteiger charge is -2.24. The number of nitrogens with zero attached hydrogens (tertiary/aromatic N) is 3. The number of hydrogen-bond donors (Lipinski definition) is 3. The summed E-state index contributed by atoms with van der Waals surface area (Å²) >= 11 is 0. The van der Waals surface area contributed by atoms with Crippen LogP contribution >= 0.6 is 12.4 Å². The molecule has 0 unspecified atom stereocenters. The first kappa shape index (κ1) is 20.2. The van der Waals surface area contributed by atoms with E-state index in [4.69, 9.17) is 11.1 Å². The van der Waals surface area contributed by atoms with Crippen molar-refractivity contribution in [3.8, 4) is 0 Å². The molecule has 19 heavy (non-hydrogen) atoms. The number of hydrogen-bond acceptors (Lipinski definition) is 4. The van der Waals surface area contributed by atoms with Crippen LogP contribution < -0.4 is 11.1 Å². The monoisotopic (exact) mass is 290 g/mol. The van der Waals surface area contributed by atoms with Gasteiger partial charge in [0.05, 0.1) is 0 Å². The summed E-state index contributed by atoms with van der Waals surface area (Å²) in [5.41, 5.74) is 4.16. The van der Waals surface area contributed by atoms with Gasteiger partial charge in [0.25, 0.3) is 0 Å². The van der Waals surface area contributed by atoms with Crippen LogP contribution in [0.2, 0.25) is 0 Å². The number of amidine groups is 2. The summed E-state index contributed by atoms with van der Waals surface area (Å²) in [6.45, 7) is 12.9. The summed E-state index contributed by atoms with van der Waals surface area (Å²) in [6, 6.07) is 0. The Balaban J connectivity index is 0. The van der Waals surface area contributed by atoms with Crippen molar-refractivity contribution in [3.63, 3.8) is 0 Å². The third-order valence-corrected chi connectivity index (χ3v) is 2.45. The highest BCUT2D eigenvalue weighted by molar-refractivity contribution is 5.91. The third kappa shape index (κ3) is 6.52. The fourth-order valence-corrected chi connectivity index (χ4v) is 1.14. The zero-order chi connectivity index (χ0) is 14.4. The number of nitrogens with one attached hydrogen (secondary N) is 2. The van der Waals surface area contributed by atoms with Crippen molar-refractivity contribution < 1.29 is 0 Å². The van der Waals surface area contributed by atoms with Gasteiger partial charge in [-0.1, -0.05) is 0 Å². The molecule has 7 heteroatoms. The SMILES string of the molecule is CCN=C(NCC)C(C)(C)N=NC(C)(C)C(=N)N.Cl. The van der Waals surface area contributed by atoms with Crippen molar-refractivity contribution in [1.29, 1.82) is 5.41 Å². The highest BCUT2D eigenvalue weighted by atomic mass is 35.5. The first-order valence-electron chi connectivity index (χ1n) is 6.24. The number of halogens is 1. The van der Waals surface area contributed by atoms with Gasteiger partial charge in [-0.25, -0.2) is 0 Å². The zero-order valence-corrected chi connectivity index (χ0v) is 13.6. The minimum absolute atomic E-state index is 0. The Morgan fingerprint density at radius 3 is 1.95 bits per heavy atom. The fraction of sp³-hybridized carbons (Fsp3) is 0.833. The molecule has 0 fully saturated rings. The minimum Gasteiger partial charge on any atom is -0.386 e. The average molecular weight is 291 g/mol. The molecule has 0 atom stereocenters. The van der Waals surface area contributed by atoms with Gasteiger partial charge in [0.15, 0.2) is 0 Å². The summed E-state index contributed by atoms with van der Waals surface area (Å²) < 4.78 is 0. The third-order valence-electron chi connectivity index (χ3n) is 2.45.